The zero-order chi connectivity index (χ0) is 15.7. The minimum Gasteiger partial charge on any atom is -0.345 e. The minimum absolute atomic E-state index is 0.0533. The van der Waals surface area contributed by atoms with Crippen LogP contribution in [0.2, 0.25) is 0 Å². The molecule has 3 rings (SSSR count). The highest BCUT2D eigenvalue weighted by Crippen LogP contribution is 2.40. The minimum atomic E-state index is -0.380. The Bertz CT molecular complexity index is 647. The van der Waals surface area contributed by atoms with E-state index in [0.717, 1.165) is 25.8 Å². The number of piperidine rings is 1. The fourth-order valence-corrected chi connectivity index (χ4v) is 3.56. The van der Waals surface area contributed by atoms with Crippen LogP contribution in [0.3, 0.4) is 0 Å². The van der Waals surface area contributed by atoms with Crippen molar-refractivity contribution in [3.05, 3.63) is 35.4 Å². The topological polar surface area (TPSA) is 64.4 Å². The molecule has 1 aromatic carbocycles. The third-order valence-electron chi connectivity index (χ3n) is 4.85. The molecule has 22 heavy (non-hydrogen) atoms. The molecule has 2 saturated heterocycles. The van der Waals surface area contributed by atoms with E-state index in [1.165, 1.54) is 0 Å². The molecule has 0 unspecified atom stereocenters. The predicted octanol–water partition coefficient (Wildman–Crippen LogP) is 1.64. The third kappa shape index (κ3) is 2.35. The maximum absolute atomic E-state index is 12.6. The Morgan fingerprint density at radius 2 is 1.95 bits per heavy atom. The Hall–Kier alpha value is -2.35. The lowest BCUT2D eigenvalue weighted by Gasteiger charge is -2.37. The van der Waals surface area contributed by atoms with Crippen molar-refractivity contribution in [2.75, 3.05) is 26.7 Å². The zero-order valence-corrected chi connectivity index (χ0v) is 12.7. The molecule has 0 N–H and O–H groups in total. The standard InChI is InChI=1S/C17H19N3O2/c1-19-9-2-7-17(16(19)22)8-10-20(12-17)15(21)14-5-3-13(11-18)4-6-14/h3-6H,2,7-10,12H2,1H3/t17-/m0/s1. The largest absolute Gasteiger partial charge is 0.345 e. The average Bonchev–Trinajstić information content (AvgIpc) is 2.97. The van der Waals surface area contributed by atoms with Gasteiger partial charge in [-0.2, -0.15) is 5.26 Å². The van der Waals surface area contributed by atoms with E-state index in [-0.39, 0.29) is 17.2 Å². The van der Waals surface area contributed by atoms with Gasteiger partial charge < -0.3 is 9.80 Å². The van der Waals surface area contributed by atoms with Crippen LogP contribution in [-0.2, 0) is 4.79 Å². The highest BCUT2D eigenvalue weighted by atomic mass is 16.2. The monoisotopic (exact) mass is 297 g/mol. The van der Waals surface area contributed by atoms with Gasteiger partial charge in [0.25, 0.3) is 5.91 Å². The van der Waals surface area contributed by atoms with Gasteiger partial charge in [-0.15, -0.1) is 0 Å². The molecule has 2 aliphatic rings. The smallest absolute Gasteiger partial charge is 0.253 e. The summed E-state index contributed by atoms with van der Waals surface area (Å²) in [6.45, 7) is 1.94. The van der Waals surface area contributed by atoms with Crippen molar-refractivity contribution in [3.63, 3.8) is 0 Å². The maximum Gasteiger partial charge on any atom is 0.253 e. The Balaban J connectivity index is 1.75. The molecule has 0 saturated carbocycles. The summed E-state index contributed by atoms with van der Waals surface area (Å²) in [6.07, 6.45) is 2.62. The quantitative estimate of drug-likeness (QED) is 0.791. The lowest BCUT2D eigenvalue weighted by Crippen LogP contribution is -2.48. The zero-order valence-electron chi connectivity index (χ0n) is 12.7. The van der Waals surface area contributed by atoms with Crippen molar-refractivity contribution < 1.29 is 9.59 Å². The lowest BCUT2D eigenvalue weighted by atomic mass is 9.78. The average molecular weight is 297 g/mol. The molecule has 5 heteroatoms. The number of hydrogen-bond donors (Lipinski definition) is 0. The van der Waals surface area contributed by atoms with Crippen molar-refractivity contribution in [1.29, 1.82) is 5.26 Å². The van der Waals surface area contributed by atoms with E-state index in [1.807, 2.05) is 13.1 Å². The number of nitrogens with zero attached hydrogens (tertiary/aromatic N) is 3. The number of likely N-dealkylation sites (tertiary alicyclic amines) is 2. The van der Waals surface area contributed by atoms with E-state index >= 15 is 0 Å². The number of hydrogen-bond acceptors (Lipinski definition) is 3. The van der Waals surface area contributed by atoms with Crippen LogP contribution in [0.15, 0.2) is 24.3 Å². The number of nitriles is 1. The molecule has 2 fully saturated rings. The Morgan fingerprint density at radius 3 is 2.64 bits per heavy atom. The van der Waals surface area contributed by atoms with Crippen LogP contribution in [0.5, 0.6) is 0 Å². The Morgan fingerprint density at radius 1 is 1.23 bits per heavy atom. The van der Waals surface area contributed by atoms with E-state index in [4.69, 9.17) is 5.26 Å². The fourth-order valence-electron chi connectivity index (χ4n) is 3.56. The summed E-state index contributed by atoms with van der Waals surface area (Å²) in [6, 6.07) is 8.71. The normalized spacial score (nSPS) is 24.6. The summed E-state index contributed by atoms with van der Waals surface area (Å²) in [5.74, 6) is 0.122. The fraction of sp³-hybridized carbons (Fsp3) is 0.471. The molecule has 114 valence electrons. The van der Waals surface area contributed by atoms with Crippen molar-refractivity contribution >= 4 is 11.8 Å². The molecule has 0 aliphatic carbocycles. The number of amides is 2. The van der Waals surface area contributed by atoms with Crippen molar-refractivity contribution in [2.45, 2.75) is 19.3 Å². The van der Waals surface area contributed by atoms with Crippen LogP contribution in [0.1, 0.15) is 35.2 Å². The van der Waals surface area contributed by atoms with Gasteiger partial charge in [0.05, 0.1) is 17.0 Å². The van der Waals surface area contributed by atoms with Crippen LogP contribution < -0.4 is 0 Å². The van der Waals surface area contributed by atoms with Crippen LogP contribution in [-0.4, -0.2) is 48.3 Å². The molecule has 1 atom stereocenters. The molecule has 0 radical (unpaired) electrons. The second-order valence-electron chi connectivity index (χ2n) is 6.28. The van der Waals surface area contributed by atoms with Crippen LogP contribution in [0, 0.1) is 16.7 Å². The first-order chi connectivity index (χ1) is 10.6. The maximum atomic E-state index is 12.6. The first-order valence-electron chi connectivity index (χ1n) is 7.61. The second kappa shape index (κ2) is 5.45. The number of carbonyl (C=O) groups excluding carboxylic acids is 2. The van der Waals surface area contributed by atoms with Gasteiger partial charge >= 0.3 is 0 Å². The van der Waals surface area contributed by atoms with Crippen LogP contribution in [0.25, 0.3) is 0 Å². The van der Waals surface area contributed by atoms with Crippen LogP contribution in [0.4, 0.5) is 0 Å². The molecule has 0 bridgehead atoms. The van der Waals surface area contributed by atoms with Gasteiger partial charge in [-0.1, -0.05) is 0 Å². The van der Waals surface area contributed by atoms with Gasteiger partial charge in [-0.3, -0.25) is 9.59 Å². The van der Waals surface area contributed by atoms with Gasteiger partial charge in [-0.05, 0) is 43.5 Å². The molecule has 1 aromatic rings. The molecule has 2 amide bonds. The van der Waals surface area contributed by atoms with E-state index in [0.29, 0.717) is 24.2 Å². The molecular formula is C17H19N3O2. The van der Waals surface area contributed by atoms with Crippen LogP contribution >= 0.6 is 0 Å². The van der Waals surface area contributed by atoms with E-state index < -0.39 is 0 Å². The third-order valence-corrected chi connectivity index (χ3v) is 4.85. The molecule has 2 heterocycles. The van der Waals surface area contributed by atoms with Gasteiger partial charge in [0.15, 0.2) is 0 Å². The van der Waals surface area contributed by atoms with Crippen molar-refractivity contribution in [1.82, 2.24) is 9.80 Å². The summed E-state index contributed by atoms with van der Waals surface area (Å²) in [5, 5.41) is 8.81. The number of benzene rings is 1. The molecule has 2 aliphatic heterocycles. The molecular weight excluding hydrogens is 278 g/mol. The Kier molecular flexibility index (Phi) is 3.61. The summed E-state index contributed by atoms with van der Waals surface area (Å²) >= 11 is 0. The summed E-state index contributed by atoms with van der Waals surface area (Å²) in [5.41, 5.74) is 0.737. The SMILES string of the molecule is CN1CCC[C@@]2(CCN(C(=O)c3ccc(C#N)cc3)C2)C1=O. The summed E-state index contributed by atoms with van der Waals surface area (Å²) in [4.78, 5) is 28.6. The number of carbonyl (C=O) groups is 2. The predicted molar refractivity (Wildman–Crippen MR) is 81.0 cm³/mol. The Labute approximate surface area is 130 Å². The van der Waals surface area contributed by atoms with Gasteiger partial charge in [0.1, 0.15) is 0 Å². The van der Waals surface area contributed by atoms with Gasteiger partial charge in [0.2, 0.25) is 5.91 Å². The second-order valence-corrected chi connectivity index (χ2v) is 6.28. The molecule has 5 nitrogen and oxygen atoms in total. The summed E-state index contributed by atoms with van der Waals surface area (Å²) < 4.78 is 0. The van der Waals surface area contributed by atoms with E-state index in [1.54, 1.807) is 34.1 Å². The van der Waals surface area contributed by atoms with E-state index in [9.17, 15) is 9.59 Å². The summed E-state index contributed by atoms with van der Waals surface area (Å²) in [7, 11) is 1.84. The van der Waals surface area contributed by atoms with Crippen molar-refractivity contribution in [2.24, 2.45) is 5.41 Å². The highest BCUT2D eigenvalue weighted by Gasteiger charge is 2.48. The first kappa shape index (κ1) is 14.6. The lowest BCUT2D eigenvalue weighted by molar-refractivity contribution is -0.143. The van der Waals surface area contributed by atoms with E-state index in [2.05, 4.69) is 0 Å². The van der Waals surface area contributed by atoms with Crippen molar-refractivity contribution in [3.8, 4) is 6.07 Å². The molecule has 1 spiro atoms. The molecule has 0 aromatic heterocycles. The number of rotatable bonds is 1. The first-order valence-corrected chi connectivity index (χ1v) is 7.61. The van der Waals surface area contributed by atoms with Gasteiger partial charge in [-0.25, -0.2) is 0 Å². The van der Waals surface area contributed by atoms with Gasteiger partial charge in [0, 0.05) is 32.2 Å². The highest BCUT2D eigenvalue weighted by molar-refractivity contribution is 5.95.